The van der Waals surface area contributed by atoms with Crippen LogP contribution in [-0.4, -0.2) is 23.3 Å². The zero-order chi connectivity index (χ0) is 12.8. The Bertz CT molecular complexity index is 434. The minimum Gasteiger partial charge on any atom is -0.492 e. The van der Waals surface area contributed by atoms with Crippen molar-refractivity contribution in [2.75, 3.05) is 24.2 Å². The van der Waals surface area contributed by atoms with E-state index in [-0.39, 0.29) is 0 Å². The second-order valence-corrected chi connectivity index (χ2v) is 3.90. The summed E-state index contributed by atoms with van der Waals surface area (Å²) in [7, 11) is 0. The van der Waals surface area contributed by atoms with Gasteiger partial charge >= 0.3 is 0 Å². The van der Waals surface area contributed by atoms with Crippen molar-refractivity contribution < 1.29 is 4.74 Å². The number of nitrogen functional groups attached to an aromatic ring is 1. The molecule has 0 saturated carbocycles. The van der Waals surface area contributed by atoms with Gasteiger partial charge in [0.2, 0.25) is 0 Å². The van der Waals surface area contributed by atoms with E-state index in [0.717, 1.165) is 22.9 Å². The Morgan fingerprint density at radius 3 is 2.56 bits per heavy atom. The number of nitrogens with one attached hydrogen (secondary N) is 1. The summed E-state index contributed by atoms with van der Waals surface area (Å²) in [5, 5.41) is 11.1. The summed E-state index contributed by atoms with van der Waals surface area (Å²) in [6, 6.07) is 11.1. The van der Waals surface area contributed by atoms with Crippen LogP contribution in [0.15, 0.2) is 36.4 Å². The fourth-order valence-corrected chi connectivity index (χ4v) is 1.41. The van der Waals surface area contributed by atoms with Crippen LogP contribution in [0.3, 0.4) is 0 Å². The molecule has 5 heteroatoms. The Hall–Kier alpha value is -2.30. The molecular weight excluding hydrogens is 228 g/mol. The van der Waals surface area contributed by atoms with E-state index in [1.807, 2.05) is 43.3 Å². The highest BCUT2D eigenvalue weighted by molar-refractivity contribution is 5.41. The molecule has 0 atom stereocenters. The molecule has 0 aliphatic rings. The molecule has 0 bridgehead atoms. The van der Waals surface area contributed by atoms with E-state index in [2.05, 4.69) is 15.5 Å². The van der Waals surface area contributed by atoms with Gasteiger partial charge in [-0.2, -0.15) is 5.10 Å². The SMILES string of the molecule is Cc1ccc(NCCOc2ccc(N)cc2)nn1. The maximum Gasteiger partial charge on any atom is 0.148 e. The first kappa shape index (κ1) is 12.2. The van der Waals surface area contributed by atoms with E-state index < -0.39 is 0 Å². The number of anilines is 2. The van der Waals surface area contributed by atoms with Crippen molar-refractivity contribution >= 4 is 11.5 Å². The van der Waals surface area contributed by atoms with Crippen LogP contribution in [0.25, 0.3) is 0 Å². The molecule has 0 amide bonds. The Labute approximate surface area is 106 Å². The molecule has 0 radical (unpaired) electrons. The molecule has 0 saturated heterocycles. The zero-order valence-electron chi connectivity index (χ0n) is 10.3. The first-order valence-corrected chi connectivity index (χ1v) is 5.76. The highest BCUT2D eigenvalue weighted by Gasteiger charge is 1.95. The number of nitrogens with two attached hydrogens (primary N) is 1. The standard InChI is InChI=1S/C13H16N4O/c1-10-2-7-13(17-16-10)15-8-9-18-12-5-3-11(14)4-6-12/h2-7H,8-9,14H2,1H3,(H,15,17). The lowest BCUT2D eigenvalue weighted by Crippen LogP contribution is -2.12. The van der Waals surface area contributed by atoms with Gasteiger partial charge in [-0.3, -0.25) is 0 Å². The topological polar surface area (TPSA) is 73.1 Å². The summed E-state index contributed by atoms with van der Waals surface area (Å²) in [5.41, 5.74) is 7.22. The van der Waals surface area contributed by atoms with Crippen molar-refractivity contribution in [3.63, 3.8) is 0 Å². The molecule has 5 nitrogen and oxygen atoms in total. The largest absolute Gasteiger partial charge is 0.492 e. The molecule has 1 aromatic heterocycles. The van der Waals surface area contributed by atoms with Gasteiger partial charge in [0.1, 0.15) is 18.2 Å². The number of hydrogen-bond donors (Lipinski definition) is 2. The highest BCUT2D eigenvalue weighted by atomic mass is 16.5. The molecule has 94 valence electrons. The Kier molecular flexibility index (Phi) is 3.96. The van der Waals surface area contributed by atoms with Gasteiger partial charge in [0.15, 0.2) is 0 Å². The average molecular weight is 244 g/mol. The van der Waals surface area contributed by atoms with Crippen LogP contribution in [0, 0.1) is 6.92 Å². The minimum absolute atomic E-state index is 0.555. The number of nitrogens with zero attached hydrogens (tertiary/aromatic N) is 2. The van der Waals surface area contributed by atoms with E-state index in [4.69, 9.17) is 10.5 Å². The third-order valence-electron chi connectivity index (χ3n) is 2.35. The summed E-state index contributed by atoms with van der Waals surface area (Å²) >= 11 is 0. The third-order valence-corrected chi connectivity index (χ3v) is 2.35. The summed E-state index contributed by atoms with van der Waals surface area (Å²) in [6.07, 6.45) is 0. The fraction of sp³-hybridized carbons (Fsp3) is 0.231. The van der Waals surface area contributed by atoms with Crippen molar-refractivity contribution in [3.8, 4) is 5.75 Å². The number of ether oxygens (including phenoxy) is 1. The average Bonchev–Trinajstić information content (AvgIpc) is 2.39. The van der Waals surface area contributed by atoms with Crippen LogP contribution in [0.1, 0.15) is 5.69 Å². The highest BCUT2D eigenvalue weighted by Crippen LogP contribution is 2.12. The fourth-order valence-electron chi connectivity index (χ4n) is 1.41. The summed E-state index contributed by atoms with van der Waals surface area (Å²) in [4.78, 5) is 0. The lowest BCUT2D eigenvalue weighted by Gasteiger charge is -2.07. The molecule has 3 N–H and O–H groups in total. The van der Waals surface area contributed by atoms with Gasteiger partial charge in [-0.25, -0.2) is 0 Å². The van der Waals surface area contributed by atoms with Crippen LogP contribution in [0.4, 0.5) is 11.5 Å². The molecule has 2 aromatic rings. The van der Waals surface area contributed by atoms with Crippen molar-refractivity contribution in [1.29, 1.82) is 0 Å². The lowest BCUT2D eigenvalue weighted by molar-refractivity contribution is 0.333. The van der Waals surface area contributed by atoms with Crippen LogP contribution in [-0.2, 0) is 0 Å². The summed E-state index contributed by atoms with van der Waals surface area (Å²) < 4.78 is 5.54. The number of rotatable bonds is 5. The van der Waals surface area contributed by atoms with Crippen LogP contribution in [0.5, 0.6) is 5.75 Å². The van der Waals surface area contributed by atoms with Gasteiger partial charge in [-0.1, -0.05) is 0 Å². The summed E-state index contributed by atoms with van der Waals surface area (Å²) in [5.74, 6) is 1.56. The van der Waals surface area contributed by atoms with E-state index in [9.17, 15) is 0 Å². The maximum absolute atomic E-state index is 5.59. The first-order chi connectivity index (χ1) is 8.74. The van der Waals surface area contributed by atoms with Gasteiger partial charge < -0.3 is 15.8 Å². The van der Waals surface area contributed by atoms with Crippen LogP contribution in [0.2, 0.25) is 0 Å². The first-order valence-electron chi connectivity index (χ1n) is 5.76. The smallest absolute Gasteiger partial charge is 0.148 e. The summed E-state index contributed by atoms with van der Waals surface area (Å²) in [6.45, 7) is 3.13. The third kappa shape index (κ3) is 3.62. The lowest BCUT2D eigenvalue weighted by atomic mass is 10.3. The molecular formula is C13H16N4O. The van der Waals surface area contributed by atoms with E-state index in [1.54, 1.807) is 0 Å². The molecule has 0 spiro atoms. The van der Waals surface area contributed by atoms with E-state index >= 15 is 0 Å². The van der Waals surface area contributed by atoms with Crippen LogP contribution >= 0.6 is 0 Å². The second kappa shape index (κ2) is 5.86. The number of hydrogen-bond acceptors (Lipinski definition) is 5. The molecule has 0 fully saturated rings. The Morgan fingerprint density at radius 1 is 1.11 bits per heavy atom. The molecule has 0 aliphatic carbocycles. The number of benzene rings is 1. The molecule has 1 aromatic carbocycles. The molecule has 0 aliphatic heterocycles. The van der Waals surface area contributed by atoms with E-state index in [1.165, 1.54) is 0 Å². The maximum atomic E-state index is 5.59. The number of aromatic nitrogens is 2. The van der Waals surface area contributed by atoms with Gasteiger partial charge in [-0.05, 0) is 43.3 Å². The molecule has 0 unspecified atom stereocenters. The Morgan fingerprint density at radius 2 is 1.89 bits per heavy atom. The van der Waals surface area contributed by atoms with Gasteiger partial charge in [0, 0.05) is 5.69 Å². The van der Waals surface area contributed by atoms with Crippen molar-refractivity contribution in [3.05, 3.63) is 42.1 Å². The van der Waals surface area contributed by atoms with Crippen molar-refractivity contribution in [1.82, 2.24) is 10.2 Å². The van der Waals surface area contributed by atoms with Gasteiger partial charge in [0.25, 0.3) is 0 Å². The van der Waals surface area contributed by atoms with Gasteiger partial charge in [0.05, 0.1) is 12.2 Å². The molecule has 18 heavy (non-hydrogen) atoms. The predicted molar refractivity (Wildman–Crippen MR) is 71.6 cm³/mol. The number of aryl methyl sites for hydroxylation is 1. The zero-order valence-corrected chi connectivity index (χ0v) is 10.3. The molecule has 2 rings (SSSR count). The van der Waals surface area contributed by atoms with Crippen LogP contribution < -0.4 is 15.8 Å². The monoisotopic (exact) mass is 244 g/mol. The van der Waals surface area contributed by atoms with Gasteiger partial charge in [-0.15, -0.1) is 5.10 Å². The van der Waals surface area contributed by atoms with E-state index in [0.29, 0.717) is 13.2 Å². The molecule has 1 heterocycles. The predicted octanol–water partition coefficient (Wildman–Crippen LogP) is 1.86. The second-order valence-electron chi connectivity index (χ2n) is 3.90. The van der Waals surface area contributed by atoms with Crippen molar-refractivity contribution in [2.45, 2.75) is 6.92 Å². The minimum atomic E-state index is 0.555. The Balaban J connectivity index is 1.73. The normalized spacial score (nSPS) is 10.1. The quantitative estimate of drug-likeness (QED) is 0.620. The van der Waals surface area contributed by atoms with Crippen molar-refractivity contribution in [2.24, 2.45) is 0 Å².